The maximum Gasteiger partial charge on any atom is 0.246 e. The van der Waals surface area contributed by atoms with Crippen LogP contribution in [0.1, 0.15) is 5.56 Å². The van der Waals surface area contributed by atoms with Crippen molar-refractivity contribution >= 4 is 17.7 Å². The number of hydrogen-bond donors (Lipinski definition) is 0. The SMILES string of the molecule is COc1cccc(N2CCN(C(=O)/C=C/c3ccc(F)cc3)CC2)c1. The van der Waals surface area contributed by atoms with E-state index in [0.29, 0.717) is 13.1 Å². The van der Waals surface area contributed by atoms with E-state index in [1.165, 1.54) is 12.1 Å². The minimum absolute atomic E-state index is 0.0189. The molecule has 0 aromatic heterocycles. The Hall–Kier alpha value is -2.82. The van der Waals surface area contributed by atoms with Crippen molar-refractivity contribution in [2.75, 3.05) is 38.2 Å². The van der Waals surface area contributed by atoms with Gasteiger partial charge in [-0.1, -0.05) is 18.2 Å². The Labute approximate surface area is 147 Å². The molecule has 0 saturated carbocycles. The molecule has 3 rings (SSSR count). The summed E-state index contributed by atoms with van der Waals surface area (Å²) in [5.41, 5.74) is 1.91. The fourth-order valence-electron chi connectivity index (χ4n) is 2.84. The third kappa shape index (κ3) is 4.38. The Bertz CT molecular complexity index is 751. The first-order valence-electron chi connectivity index (χ1n) is 8.27. The van der Waals surface area contributed by atoms with Gasteiger partial charge in [-0.15, -0.1) is 0 Å². The molecule has 130 valence electrons. The molecule has 4 nitrogen and oxygen atoms in total. The van der Waals surface area contributed by atoms with Crippen molar-refractivity contribution in [3.63, 3.8) is 0 Å². The van der Waals surface area contributed by atoms with Gasteiger partial charge in [0.05, 0.1) is 7.11 Å². The van der Waals surface area contributed by atoms with E-state index in [0.717, 1.165) is 30.1 Å². The molecule has 0 aliphatic carbocycles. The van der Waals surface area contributed by atoms with E-state index < -0.39 is 0 Å². The van der Waals surface area contributed by atoms with Gasteiger partial charge in [0.2, 0.25) is 5.91 Å². The van der Waals surface area contributed by atoms with Crippen LogP contribution in [0.15, 0.2) is 54.6 Å². The van der Waals surface area contributed by atoms with Crippen molar-refractivity contribution in [3.05, 3.63) is 66.0 Å². The number of anilines is 1. The second-order valence-corrected chi connectivity index (χ2v) is 5.90. The van der Waals surface area contributed by atoms with E-state index in [1.807, 2.05) is 23.1 Å². The third-order valence-electron chi connectivity index (χ3n) is 4.30. The molecule has 1 heterocycles. The average Bonchev–Trinajstić information content (AvgIpc) is 2.67. The number of halogens is 1. The highest BCUT2D eigenvalue weighted by molar-refractivity contribution is 5.92. The Balaban J connectivity index is 1.56. The second kappa shape index (κ2) is 7.83. The Morgan fingerprint density at radius 3 is 2.48 bits per heavy atom. The number of carbonyl (C=O) groups excluding carboxylic acids is 1. The quantitative estimate of drug-likeness (QED) is 0.802. The molecule has 0 N–H and O–H groups in total. The molecule has 1 amide bonds. The van der Waals surface area contributed by atoms with Gasteiger partial charge in [0.15, 0.2) is 0 Å². The largest absolute Gasteiger partial charge is 0.497 e. The Kier molecular flexibility index (Phi) is 5.33. The number of amides is 1. The number of carbonyl (C=O) groups is 1. The summed E-state index contributed by atoms with van der Waals surface area (Å²) in [6, 6.07) is 14.0. The number of benzene rings is 2. The zero-order valence-corrected chi connectivity index (χ0v) is 14.2. The van der Waals surface area contributed by atoms with Crippen LogP contribution in [0, 0.1) is 5.82 Å². The summed E-state index contributed by atoms with van der Waals surface area (Å²) in [4.78, 5) is 16.4. The molecule has 0 atom stereocenters. The van der Waals surface area contributed by atoms with Crippen LogP contribution in [-0.2, 0) is 4.79 Å². The minimum Gasteiger partial charge on any atom is -0.497 e. The molecule has 25 heavy (non-hydrogen) atoms. The number of ether oxygens (including phenoxy) is 1. The van der Waals surface area contributed by atoms with E-state index in [4.69, 9.17) is 4.74 Å². The molecule has 1 aliphatic rings. The van der Waals surface area contributed by atoms with Gasteiger partial charge >= 0.3 is 0 Å². The van der Waals surface area contributed by atoms with E-state index in [-0.39, 0.29) is 11.7 Å². The highest BCUT2D eigenvalue weighted by Gasteiger charge is 2.20. The standard InChI is InChI=1S/C20H21FN2O2/c1-25-19-4-2-3-18(15-19)22-11-13-23(14-12-22)20(24)10-7-16-5-8-17(21)9-6-16/h2-10,15H,11-14H2,1H3/b10-7+. The lowest BCUT2D eigenvalue weighted by Gasteiger charge is -2.35. The summed E-state index contributed by atoms with van der Waals surface area (Å²) in [6.45, 7) is 2.90. The molecule has 1 aliphatic heterocycles. The average molecular weight is 340 g/mol. The van der Waals surface area contributed by atoms with Crippen LogP contribution in [0.25, 0.3) is 6.08 Å². The molecular weight excluding hydrogens is 319 g/mol. The van der Waals surface area contributed by atoms with Crippen LogP contribution in [0.3, 0.4) is 0 Å². The van der Waals surface area contributed by atoms with E-state index in [2.05, 4.69) is 11.0 Å². The van der Waals surface area contributed by atoms with Gasteiger partial charge in [0.25, 0.3) is 0 Å². The monoisotopic (exact) mass is 340 g/mol. The van der Waals surface area contributed by atoms with Gasteiger partial charge in [0, 0.05) is 44.0 Å². The number of hydrogen-bond acceptors (Lipinski definition) is 3. The molecule has 5 heteroatoms. The minimum atomic E-state index is -0.280. The van der Waals surface area contributed by atoms with Gasteiger partial charge in [-0.05, 0) is 35.9 Å². The predicted molar refractivity (Wildman–Crippen MR) is 97.2 cm³/mol. The normalized spacial score (nSPS) is 14.8. The Morgan fingerprint density at radius 2 is 1.80 bits per heavy atom. The molecule has 2 aromatic carbocycles. The highest BCUT2D eigenvalue weighted by atomic mass is 19.1. The molecule has 2 aromatic rings. The molecule has 1 fully saturated rings. The number of nitrogens with zero attached hydrogens (tertiary/aromatic N) is 2. The van der Waals surface area contributed by atoms with E-state index in [1.54, 1.807) is 31.4 Å². The van der Waals surface area contributed by atoms with Gasteiger partial charge in [-0.2, -0.15) is 0 Å². The van der Waals surface area contributed by atoms with E-state index >= 15 is 0 Å². The predicted octanol–water partition coefficient (Wildman–Crippen LogP) is 3.20. The number of piperazine rings is 1. The third-order valence-corrected chi connectivity index (χ3v) is 4.30. The van der Waals surface area contributed by atoms with Crippen LogP contribution in [0.2, 0.25) is 0 Å². The second-order valence-electron chi connectivity index (χ2n) is 5.90. The van der Waals surface area contributed by atoms with Gasteiger partial charge in [-0.25, -0.2) is 4.39 Å². The molecule has 0 bridgehead atoms. The zero-order chi connectivity index (χ0) is 17.6. The summed E-state index contributed by atoms with van der Waals surface area (Å²) < 4.78 is 18.2. The number of methoxy groups -OCH3 is 1. The number of rotatable bonds is 4. The lowest BCUT2D eigenvalue weighted by Crippen LogP contribution is -2.48. The fraction of sp³-hybridized carbons (Fsp3) is 0.250. The first kappa shape index (κ1) is 17.0. The first-order chi connectivity index (χ1) is 12.2. The lowest BCUT2D eigenvalue weighted by atomic mass is 10.2. The fourth-order valence-corrected chi connectivity index (χ4v) is 2.84. The van der Waals surface area contributed by atoms with Crippen LogP contribution >= 0.6 is 0 Å². The summed E-state index contributed by atoms with van der Waals surface area (Å²) in [7, 11) is 1.66. The lowest BCUT2D eigenvalue weighted by molar-refractivity contribution is -0.126. The summed E-state index contributed by atoms with van der Waals surface area (Å²) in [5, 5.41) is 0. The van der Waals surface area contributed by atoms with Crippen LogP contribution < -0.4 is 9.64 Å². The van der Waals surface area contributed by atoms with E-state index in [9.17, 15) is 9.18 Å². The summed E-state index contributed by atoms with van der Waals surface area (Å²) in [5.74, 6) is 0.532. The van der Waals surface area contributed by atoms with Crippen LogP contribution in [0.4, 0.5) is 10.1 Å². The summed E-state index contributed by atoms with van der Waals surface area (Å²) in [6.07, 6.45) is 3.27. The first-order valence-corrected chi connectivity index (χ1v) is 8.27. The van der Waals surface area contributed by atoms with Crippen molar-refractivity contribution in [3.8, 4) is 5.75 Å². The van der Waals surface area contributed by atoms with Crippen molar-refractivity contribution in [1.29, 1.82) is 0 Å². The molecule has 0 spiro atoms. The highest BCUT2D eigenvalue weighted by Crippen LogP contribution is 2.22. The van der Waals surface area contributed by atoms with Gasteiger partial charge in [-0.3, -0.25) is 4.79 Å². The van der Waals surface area contributed by atoms with Crippen molar-refractivity contribution in [2.45, 2.75) is 0 Å². The maximum absolute atomic E-state index is 12.9. The molecule has 1 saturated heterocycles. The molecular formula is C20H21FN2O2. The topological polar surface area (TPSA) is 32.8 Å². The van der Waals surface area contributed by atoms with Crippen LogP contribution in [0.5, 0.6) is 5.75 Å². The van der Waals surface area contributed by atoms with Crippen molar-refractivity contribution in [2.24, 2.45) is 0 Å². The molecule has 0 unspecified atom stereocenters. The summed E-state index contributed by atoms with van der Waals surface area (Å²) >= 11 is 0. The van der Waals surface area contributed by atoms with Crippen molar-refractivity contribution < 1.29 is 13.9 Å². The van der Waals surface area contributed by atoms with Crippen LogP contribution in [-0.4, -0.2) is 44.1 Å². The smallest absolute Gasteiger partial charge is 0.246 e. The Morgan fingerprint density at radius 1 is 1.08 bits per heavy atom. The molecule has 0 radical (unpaired) electrons. The zero-order valence-electron chi connectivity index (χ0n) is 14.2. The maximum atomic E-state index is 12.9. The van der Waals surface area contributed by atoms with Gasteiger partial charge < -0.3 is 14.5 Å². The van der Waals surface area contributed by atoms with Gasteiger partial charge in [0.1, 0.15) is 11.6 Å². The van der Waals surface area contributed by atoms with Crippen molar-refractivity contribution in [1.82, 2.24) is 4.90 Å².